The van der Waals surface area contributed by atoms with E-state index in [0.29, 0.717) is 0 Å². The highest BCUT2D eigenvalue weighted by molar-refractivity contribution is 5.79. The molecule has 0 amide bonds. The van der Waals surface area contributed by atoms with Crippen LogP contribution in [0.4, 0.5) is 0 Å². The minimum Gasteiger partial charge on any atom is -0.356 e. The Hall–Kier alpha value is -1.39. The average Bonchev–Trinajstić information content (AvgIpc) is 2.74. The van der Waals surface area contributed by atoms with Gasteiger partial charge < -0.3 is 9.84 Å². The van der Waals surface area contributed by atoms with Crippen LogP contribution in [0.25, 0.3) is 11.0 Å². The number of fused-ring (bicyclic) bond motifs is 1. The zero-order valence-corrected chi connectivity index (χ0v) is 8.31. The highest BCUT2D eigenvalue weighted by Crippen LogP contribution is 2.24. The van der Waals surface area contributed by atoms with Crippen LogP contribution in [0, 0.1) is 0 Å². The fraction of sp³-hybridized carbons (Fsp3) is 0.364. The van der Waals surface area contributed by atoms with Crippen molar-refractivity contribution in [1.82, 2.24) is 15.8 Å². The van der Waals surface area contributed by atoms with E-state index in [9.17, 15) is 0 Å². The minimum absolute atomic E-state index is 0.141. The highest BCUT2D eigenvalue weighted by atomic mass is 16.5. The van der Waals surface area contributed by atoms with Crippen molar-refractivity contribution in [3.8, 4) is 0 Å². The topological polar surface area (TPSA) is 52.2 Å². The first-order valence-corrected chi connectivity index (χ1v) is 5.17. The summed E-state index contributed by atoms with van der Waals surface area (Å²) < 4.78 is 5.26. The van der Waals surface area contributed by atoms with Crippen molar-refractivity contribution in [2.75, 3.05) is 19.6 Å². The highest BCUT2D eigenvalue weighted by Gasteiger charge is 2.21. The van der Waals surface area contributed by atoms with Crippen molar-refractivity contribution >= 4 is 11.0 Å². The Morgan fingerprint density at radius 2 is 2.27 bits per heavy atom. The lowest BCUT2D eigenvalue weighted by Crippen LogP contribution is -2.38. The van der Waals surface area contributed by atoms with Gasteiger partial charge in [-0.1, -0.05) is 17.3 Å². The predicted octanol–water partition coefficient (Wildman–Crippen LogP) is 1.08. The van der Waals surface area contributed by atoms with E-state index in [0.717, 1.165) is 36.3 Å². The SMILES string of the molecule is c1ccc2c(C3CNCC[N]3)noc2c1. The van der Waals surface area contributed by atoms with Gasteiger partial charge in [-0.15, -0.1) is 0 Å². The lowest BCUT2D eigenvalue weighted by Gasteiger charge is -2.20. The molecule has 1 aromatic heterocycles. The van der Waals surface area contributed by atoms with Gasteiger partial charge in [0.2, 0.25) is 0 Å². The molecule has 1 atom stereocenters. The third-order valence-electron chi connectivity index (χ3n) is 2.70. The van der Waals surface area contributed by atoms with Crippen molar-refractivity contribution in [3.05, 3.63) is 30.0 Å². The lowest BCUT2D eigenvalue weighted by molar-refractivity contribution is 0.382. The Labute approximate surface area is 87.6 Å². The van der Waals surface area contributed by atoms with Crippen LogP contribution < -0.4 is 10.6 Å². The van der Waals surface area contributed by atoms with Gasteiger partial charge in [-0.25, -0.2) is 5.32 Å². The molecule has 4 nitrogen and oxygen atoms in total. The standard InChI is InChI=1S/C11H12N3O/c1-2-4-10-8(3-1)11(14-15-10)9-7-12-5-6-13-9/h1-4,9,12H,5-7H2. The minimum atomic E-state index is 0.141. The molecule has 0 aliphatic carbocycles. The van der Waals surface area contributed by atoms with Gasteiger partial charge in [-0.2, -0.15) is 0 Å². The van der Waals surface area contributed by atoms with Crippen LogP contribution in [0.2, 0.25) is 0 Å². The zero-order valence-electron chi connectivity index (χ0n) is 8.31. The van der Waals surface area contributed by atoms with Crippen LogP contribution in [0.15, 0.2) is 28.8 Å². The van der Waals surface area contributed by atoms with E-state index in [1.54, 1.807) is 0 Å². The molecule has 0 bridgehead atoms. The number of hydrogen-bond donors (Lipinski definition) is 1. The summed E-state index contributed by atoms with van der Waals surface area (Å²) in [6.07, 6.45) is 0. The molecule has 77 valence electrons. The maximum atomic E-state index is 5.26. The number of nitrogens with zero attached hydrogens (tertiary/aromatic N) is 2. The molecule has 2 aromatic rings. The van der Waals surface area contributed by atoms with E-state index in [4.69, 9.17) is 4.52 Å². The van der Waals surface area contributed by atoms with E-state index >= 15 is 0 Å². The number of aromatic nitrogens is 1. The van der Waals surface area contributed by atoms with E-state index in [-0.39, 0.29) is 6.04 Å². The van der Waals surface area contributed by atoms with Crippen molar-refractivity contribution < 1.29 is 4.52 Å². The van der Waals surface area contributed by atoms with Crippen molar-refractivity contribution in [2.24, 2.45) is 0 Å². The molecule has 3 rings (SSSR count). The largest absolute Gasteiger partial charge is 0.356 e. The Kier molecular flexibility index (Phi) is 2.16. The maximum absolute atomic E-state index is 5.26. The Morgan fingerprint density at radius 1 is 1.33 bits per heavy atom. The number of nitrogens with one attached hydrogen (secondary N) is 1. The molecule has 0 saturated carbocycles. The Balaban J connectivity index is 2.02. The summed E-state index contributed by atoms with van der Waals surface area (Å²) in [5.41, 5.74) is 1.80. The average molecular weight is 202 g/mol. The molecule has 1 saturated heterocycles. The van der Waals surface area contributed by atoms with Crippen LogP contribution in [0.3, 0.4) is 0 Å². The van der Waals surface area contributed by atoms with E-state index in [1.165, 1.54) is 0 Å². The second-order valence-corrected chi connectivity index (χ2v) is 3.69. The third-order valence-corrected chi connectivity index (χ3v) is 2.70. The smallest absolute Gasteiger partial charge is 0.167 e. The van der Waals surface area contributed by atoms with Gasteiger partial charge in [-0.3, -0.25) is 0 Å². The van der Waals surface area contributed by atoms with Crippen LogP contribution in [-0.2, 0) is 0 Å². The van der Waals surface area contributed by atoms with Gasteiger partial charge in [0.05, 0.1) is 6.04 Å². The number of piperazine rings is 1. The molecule has 1 aliphatic heterocycles. The molecule has 4 heteroatoms. The molecule has 1 N–H and O–H groups in total. The normalized spacial score (nSPS) is 22.0. The van der Waals surface area contributed by atoms with Crippen LogP contribution in [-0.4, -0.2) is 24.8 Å². The first kappa shape index (κ1) is 8.88. The molecule has 1 radical (unpaired) electrons. The summed E-state index contributed by atoms with van der Waals surface area (Å²) in [6.45, 7) is 2.68. The van der Waals surface area contributed by atoms with Gasteiger partial charge >= 0.3 is 0 Å². The Bertz CT molecular complexity index is 460. The summed E-state index contributed by atoms with van der Waals surface area (Å²) in [5.74, 6) is 0. The monoisotopic (exact) mass is 202 g/mol. The second kappa shape index (κ2) is 3.64. The van der Waals surface area contributed by atoms with Crippen LogP contribution in [0.5, 0.6) is 0 Å². The summed E-state index contributed by atoms with van der Waals surface area (Å²) in [7, 11) is 0. The van der Waals surface area contributed by atoms with Crippen molar-refractivity contribution in [1.29, 1.82) is 0 Å². The molecule has 0 spiro atoms. The summed E-state index contributed by atoms with van der Waals surface area (Å²) >= 11 is 0. The molecule has 2 heterocycles. The molecular weight excluding hydrogens is 190 g/mol. The van der Waals surface area contributed by atoms with Gasteiger partial charge in [0.25, 0.3) is 0 Å². The lowest BCUT2D eigenvalue weighted by atomic mass is 10.1. The summed E-state index contributed by atoms with van der Waals surface area (Å²) in [4.78, 5) is 0. The maximum Gasteiger partial charge on any atom is 0.167 e. The van der Waals surface area contributed by atoms with Gasteiger partial charge in [-0.05, 0) is 12.1 Å². The summed E-state index contributed by atoms with van der Waals surface area (Å²) in [5, 5.41) is 13.0. The fourth-order valence-electron chi connectivity index (χ4n) is 1.93. The number of para-hydroxylation sites is 1. The van der Waals surface area contributed by atoms with Crippen LogP contribution in [0.1, 0.15) is 11.7 Å². The molecular formula is C11H12N3O. The Morgan fingerprint density at radius 3 is 3.13 bits per heavy atom. The first-order chi connectivity index (χ1) is 7.45. The van der Waals surface area contributed by atoms with Crippen molar-refractivity contribution in [3.63, 3.8) is 0 Å². The third kappa shape index (κ3) is 1.52. The number of benzene rings is 1. The van der Waals surface area contributed by atoms with Gasteiger partial charge in [0.1, 0.15) is 5.69 Å². The van der Waals surface area contributed by atoms with E-state index in [1.807, 2.05) is 24.3 Å². The second-order valence-electron chi connectivity index (χ2n) is 3.69. The molecule has 1 fully saturated rings. The van der Waals surface area contributed by atoms with Crippen molar-refractivity contribution in [2.45, 2.75) is 6.04 Å². The van der Waals surface area contributed by atoms with E-state index < -0.39 is 0 Å². The molecule has 1 aromatic carbocycles. The van der Waals surface area contributed by atoms with Crippen LogP contribution >= 0.6 is 0 Å². The first-order valence-electron chi connectivity index (χ1n) is 5.17. The van der Waals surface area contributed by atoms with Gasteiger partial charge in [0.15, 0.2) is 5.58 Å². The number of rotatable bonds is 1. The predicted molar refractivity (Wildman–Crippen MR) is 56.6 cm³/mol. The molecule has 1 aliphatic rings. The number of hydrogen-bond acceptors (Lipinski definition) is 3. The van der Waals surface area contributed by atoms with E-state index in [2.05, 4.69) is 15.8 Å². The zero-order chi connectivity index (χ0) is 10.1. The van der Waals surface area contributed by atoms with Gasteiger partial charge in [0, 0.05) is 25.0 Å². The quantitative estimate of drug-likeness (QED) is 0.752. The molecule has 15 heavy (non-hydrogen) atoms. The fourth-order valence-corrected chi connectivity index (χ4v) is 1.93. The molecule has 1 unspecified atom stereocenters. The summed E-state index contributed by atoms with van der Waals surface area (Å²) in [6, 6.07) is 8.06.